The minimum atomic E-state index is 0.574. The SMILES string of the molecule is c1ccc(-c2ccc(-c3nc(-c4ccc5c(c4)sc4c(-c6ccccc6)cccc45)nc(-c4cccc5c4oc4ccccc45)n3)cc2)cc1. The first-order chi connectivity index (χ1) is 24.8. The van der Waals surface area contributed by atoms with Crippen LogP contribution in [-0.4, -0.2) is 15.0 Å². The van der Waals surface area contributed by atoms with Crippen molar-refractivity contribution in [3.05, 3.63) is 164 Å². The molecule has 0 fully saturated rings. The molecule has 50 heavy (non-hydrogen) atoms. The summed E-state index contributed by atoms with van der Waals surface area (Å²) < 4.78 is 8.90. The van der Waals surface area contributed by atoms with E-state index in [9.17, 15) is 0 Å². The second-order valence-corrected chi connectivity index (χ2v) is 13.4. The fourth-order valence-electron chi connectivity index (χ4n) is 6.90. The minimum absolute atomic E-state index is 0.574. The first-order valence-electron chi connectivity index (χ1n) is 16.6. The van der Waals surface area contributed by atoms with Crippen LogP contribution >= 0.6 is 11.3 Å². The van der Waals surface area contributed by atoms with E-state index in [1.54, 1.807) is 0 Å². The van der Waals surface area contributed by atoms with Gasteiger partial charge in [-0.3, -0.25) is 0 Å². The molecule has 4 nitrogen and oxygen atoms in total. The number of hydrogen-bond acceptors (Lipinski definition) is 5. The topological polar surface area (TPSA) is 51.8 Å². The first-order valence-corrected chi connectivity index (χ1v) is 17.4. The summed E-state index contributed by atoms with van der Waals surface area (Å²) in [6.45, 7) is 0. The number of aromatic nitrogens is 3. The fraction of sp³-hybridized carbons (Fsp3) is 0. The Kier molecular flexibility index (Phi) is 6.64. The van der Waals surface area contributed by atoms with Crippen molar-refractivity contribution >= 4 is 53.4 Å². The molecule has 3 heterocycles. The molecule has 0 radical (unpaired) electrons. The Morgan fingerprint density at radius 1 is 0.380 bits per heavy atom. The molecule has 7 aromatic carbocycles. The molecular weight excluding hydrogens is 631 g/mol. The summed E-state index contributed by atoms with van der Waals surface area (Å²) >= 11 is 1.81. The quantitative estimate of drug-likeness (QED) is 0.185. The largest absolute Gasteiger partial charge is 0.455 e. The van der Waals surface area contributed by atoms with Gasteiger partial charge in [-0.15, -0.1) is 11.3 Å². The molecular formula is C45H27N3OS. The molecule has 5 heteroatoms. The predicted octanol–water partition coefficient (Wildman–Crippen LogP) is 12.5. The third-order valence-electron chi connectivity index (χ3n) is 9.37. The summed E-state index contributed by atoms with van der Waals surface area (Å²) in [5.74, 6) is 1.80. The lowest BCUT2D eigenvalue weighted by atomic mass is 10.0. The number of fused-ring (bicyclic) bond motifs is 6. The average Bonchev–Trinajstić information content (AvgIpc) is 3.77. The van der Waals surface area contributed by atoms with Crippen molar-refractivity contribution in [2.24, 2.45) is 0 Å². The van der Waals surface area contributed by atoms with Gasteiger partial charge >= 0.3 is 0 Å². The van der Waals surface area contributed by atoms with Crippen molar-refractivity contribution in [3.63, 3.8) is 0 Å². The van der Waals surface area contributed by atoms with E-state index in [2.05, 4.69) is 127 Å². The first kappa shape index (κ1) is 28.6. The molecule has 0 amide bonds. The Bertz CT molecular complexity index is 2860. The summed E-state index contributed by atoms with van der Waals surface area (Å²) in [6, 6.07) is 56.8. The number of hydrogen-bond donors (Lipinski definition) is 0. The van der Waals surface area contributed by atoms with Crippen LogP contribution in [0.25, 0.3) is 98.5 Å². The van der Waals surface area contributed by atoms with Gasteiger partial charge in [-0.2, -0.15) is 0 Å². The summed E-state index contributed by atoms with van der Waals surface area (Å²) in [5.41, 5.74) is 9.06. The van der Waals surface area contributed by atoms with Gasteiger partial charge in [0, 0.05) is 42.1 Å². The zero-order valence-electron chi connectivity index (χ0n) is 26.7. The van der Waals surface area contributed by atoms with Crippen LogP contribution in [0.3, 0.4) is 0 Å². The molecule has 10 rings (SSSR count). The van der Waals surface area contributed by atoms with Crippen LogP contribution in [0.4, 0.5) is 0 Å². The fourth-order valence-corrected chi connectivity index (χ4v) is 8.18. The van der Waals surface area contributed by atoms with E-state index < -0.39 is 0 Å². The summed E-state index contributed by atoms with van der Waals surface area (Å²) in [5, 5.41) is 4.59. The highest BCUT2D eigenvalue weighted by Crippen LogP contribution is 2.42. The van der Waals surface area contributed by atoms with Crippen molar-refractivity contribution < 1.29 is 4.42 Å². The molecule has 0 aliphatic carbocycles. The molecule has 0 aliphatic heterocycles. The number of benzene rings is 7. The number of furan rings is 1. The van der Waals surface area contributed by atoms with Gasteiger partial charge in [0.15, 0.2) is 17.5 Å². The highest BCUT2D eigenvalue weighted by Gasteiger charge is 2.19. The third-order valence-corrected chi connectivity index (χ3v) is 10.6. The van der Waals surface area contributed by atoms with Gasteiger partial charge in [0.2, 0.25) is 0 Å². The molecule has 0 spiro atoms. The maximum absolute atomic E-state index is 6.43. The van der Waals surface area contributed by atoms with Gasteiger partial charge < -0.3 is 4.42 Å². The van der Waals surface area contributed by atoms with Gasteiger partial charge in [0.1, 0.15) is 11.2 Å². The van der Waals surface area contributed by atoms with E-state index >= 15 is 0 Å². The van der Waals surface area contributed by atoms with E-state index in [1.165, 1.54) is 36.9 Å². The van der Waals surface area contributed by atoms with Gasteiger partial charge in [-0.1, -0.05) is 146 Å². The van der Waals surface area contributed by atoms with Crippen LogP contribution in [0.15, 0.2) is 168 Å². The molecule has 0 atom stereocenters. The Morgan fingerprint density at radius 2 is 0.960 bits per heavy atom. The molecule has 0 saturated carbocycles. The number of para-hydroxylation sites is 2. The lowest BCUT2D eigenvalue weighted by Gasteiger charge is -2.10. The highest BCUT2D eigenvalue weighted by atomic mass is 32.1. The van der Waals surface area contributed by atoms with Crippen LogP contribution in [0.1, 0.15) is 0 Å². The van der Waals surface area contributed by atoms with Gasteiger partial charge in [0.25, 0.3) is 0 Å². The van der Waals surface area contributed by atoms with Crippen LogP contribution < -0.4 is 0 Å². The molecule has 0 bridgehead atoms. The Labute approximate surface area is 292 Å². The second-order valence-electron chi connectivity index (χ2n) is 12.4. The number of thiophene rings is 1. The minimum Gasteiger partial charge on any atom is -0.455 e. The van der Waals surface area contributed by atoms with Crippen LogP contribution in [0, 0.1) is 0 Å². The van der Waals surface area contributed by atoms with Crippen LogP contribution in [-0.2, 0) is 0 Å². The van der Waals surface area contributed by atoms with Crippen LogP contribution in [0.2, 0.25) is 0 Å². The van der Waals surface area contributed by atoms with E-state index in [0.717, 1.165) is 44.2 Å². The monoisotopic (exact) mass is 657 g/mol. The second kappa shape index (κ2) is 11.6. The zero-order valence-corrected chi connectivity index (χ0v) is 27.6. The average molecular weight is 658 g/mol. The summed E-state index contributed by atoms with van der Waals surface area (Å²) in [6.07, 6.45) is 0. The Hall–Kier alpha value is -6.43. The van der Waals surface area contributed by atoms with E-state index in [-0.39, 0.29) is 0 Å². The van der Waals surface area contributed by atoms with Crippen molar-refractivity contribution in [1.29, 1.82) is 0 Å². The third kappa shape index (κ3) is 4.79. The van der Waals surface area contributed by atoms with Crippen LogP contribution in [0.5, 0.6) is 0 Å². The molecule has 234 valence electrons. The van der Waals surface area contributed by atoms with Crippen molar-refractivity contribution in [2.45, 2.75) is 0 Å². The lowest BCUT2D eigenvalue weighted by Crippen LogP contribution is -2.00. The van der Waals surface area contributed by atoms with Crippen molar-refractivity contribution in [3.8, 4) is 56.4 Å². The molecule has 10 aromatic rings. The standard InChI is InChI=1S/C45H27N3OS/c1-3-11-28(12-4-1)29-21-23-31(24-22-29)43-46-44(48-45(47-43)38-19-10-17-36-34-15-7-8-20-39(34)49-41(36)38)32-25-26-35-37-18-9-16-33(30-13-5-2-6-14-30)42(37)50-40(35)27-32/h1-27H. The lowest BCUT2D eigenvalue weighted by molar-refractivity contribution is 0.669. The van der Waals surface area contributed by atoms with E-state index in [4.69, 9.17) is 19.4 Å². The number of nitrogens with zero attached hydrogens (tertiary/aromatic N) is 3. The molecule has 0 aliphatic rings. The normalized spacial score (nSPS) is 11.6. The maximum Gasteiger partial charge on any atom is 0.167 e. The van der Waals surface area contributed by atoms with Gasteiger partial charge in [0.05, 0.1) is 5.56 Å². The summed E-state index contributed by atoms with van der Waals surface area (Å²) in [4.78, 5) is 15.3. The predicted molar refractivity (Wildman–Crippen MR) is 207 cm³/mol. The molecule has 0 unspecified atom stereocenters. The van der Waals surface area contributed by atoms with Gasteiger partial charge in [-0.25, -0.2) is 15.0 Å². The molecule has 0 saturated heterocycles. The van der Waals surface area contributed by atoms with Gasteiger partial charge in [-0.05, 0) is 40.5 Å². The Balaban J connectivity index is 1.15. The maximum atomic E-state index is 6.43. The highest BCUT2D eigenvalue weighted by molar-refractivity contribution is 7.26. The Morgan fingerprint density at radius 3 is 1.76 bits per heavy atom. The zero-order chi connectivity index (χ0) is 33.0. The van der Waals surface area contributed by atoms with E-state index in [0.29, 0.717) is 17.5 Å². The molecule has 3 aromatic heterocycles. The van der Waals surface area contributed by atoms with E-state index in [1.807, 2.05) is 47.7 Å². The summed E-state index contributed by atoms with van der Waals surface area (Å²) in [7, 11) is 0. The van der Waals surface area contributed by atoms with Crippen molar-refractivity contribution in [2.75, 3.05) is 0 Å². The van der Waals surface area contributed by atoms with Crippen molar-refractivity contribution in [1.82, 2.24) is 15.0 Å². The number of rotatable bonds is 5. The molecule has 0 N–H and O–H groups in total. The smallest absolute Gasteiger partial charge is 0.167 e.